The quantitative estimate of drug-likeness (QED) is 0.0411. The molecule has 17 N–H and O–H groups in total. The molecule has 0 aromatic rings. The van der Waals surface area contributed by atoms with Crippen LogP contribution < -0.4 is 0 Å². The third-order valence-electron chi connectivity index (χ3n) is 18.6. The summed E-state index contributed by atoms with van der Waals surface area (Å²) in [5.74, 6) is -1.09. The molecule has 0 unspecified atom stereocenters. The number of ether oxygens (including phenoxy) is 10. The predicted octanol–water partition coefficient (Wildman–Crippen LogP) is -7.68. The molecule has 5 saturated heterocycles. The first-order valence-corrected chi connectivity index (χ1v) is 26.5. The van der Waals surface area contributed by atoms with Crippen LogP contribution in [0, 0.1) is 28.6 Å². The monoisotopic (exact) mass is 1110 g/mol. The van der Waals surface area contributed by atoms with E-state index in [4.69, 9.17) is 47.4 Å². The van der Waals surface area contributed by atoms with Gasteiger partial charge in [-0.15, -0.1) is 0 Å². The first kappa shape index (κ1) is 59.8. The second kappa shape index (κ2) is 23.4. The fourth-order valence-electron chi connectivity index (χ4n) is 14.3. The van der Waals surface area contributed by atoms with Gasteiger partial charge in [-0.25, -0.2) is 0 Å². The Labute approximate surface area is 441 Å². The highest BCUT2D eigenvalue weighted by Crippen LogP contribution is 2.70. The van der Waals surface area contributed by atoms with Crippen LogP contribution >= 0.6 is 0 Å². The summed E-state index contributed by atoms with van der Waals surface area (Å²) in [7, 11) is 0. The van der Waals surface area contributed by atoms with E-state index in [0.717, 1.165) is 6.42 Å². The average Bonchev–Trinajstić information content (AvgIpc) is 3.76. The molecule has 77 heavy (non-hydrogen) atoms. The number of carbonyl (C=O) groups excluding carboxylic acids is 1. The molecule has 31 atom stereocenters. The van der Waals surface area contributed by atoms with Gasteiger partial charge in [0.25, 0.3) is 0 Å². The van der Waals surface area contributed by atoms with Crippen LogP contribution in [0.4, 0.5) is 0 Å². The van der Waals surface area contributed by atoms with Gasteiger partial charge >= 0.3 is 5.97 Å². The molecule has 4 saturated carbocycles. The molecule has 9 aliphatic rings. The lowest BCUT2D eigenvalue weighted by molar-refractivity contribution is -0.399. The number of hydrogen-bond acceptors (Lipinski definition) is 28. The van der Waals surface area contributed by atoms with Crippen molar-refractivity contribution in [3.05, 3.63) is 12.2 Å². The standard InChI is InChI=1S/C49H78O28/c1-17-10-48-8-5-19-18(4-3-7-47(19,2)46(67)76-44-39(34(63)29(58)24(14-53)71-44)74-42-36(65)32(61)27(56)22(12-51)69-42)20(48)6-9-49(17,16-48)77-45-40(75-43-37(66)33(62)28(57)23(13-52)70-43)38(30(59)25(15-54)72-45)73-41-35(64)31(60)26(55)21(11-50)68-41/h18-45,50-66H,1,3-16H2,2H3/t18-,19+,20+,21-,22-,23-,24-,25-,26-,27-,28-,29-,30-,31+,32+,33+,34+,35-,36-,37-,38+,39-,40-,41+,42+,43+,44+,45+,47-,48-,49+/m1/s1. The highest BCUT2D eigenvalue weighted by Gasteiger charge is 2.67. The van der Waals surface area contributed by atoms with Gasteiger partial charge in [-0.05, 0) is 87.0 Å². The van der Waals surface area contributed by atoms with Gasteiger partial charge in [-0.3, -0.25) is 4.79 Å². The van der Waals surface area contributed by atoms with Gasteiger partial charge in [0.15, 0.2) is 31.3 Å². The Morgan fingerprint density at radius 3 is 1.43 bits per heavy atom. The lowest BCUT2D eigenvalue weighted by atomic mass is 9.46. The van der Waals surface area contributed by atoms with E-state index in [-0.39, 0.29) is 17.8 Å². The maximum Gasteiger partial charge on any atom is 0.314 e. The van der Waals surface area contributed by atoms with Gasteiger partial charge in [0, 0.05) is 0 Å². The van der Waals surface area contributed by atoms with E-state index in [1.54, 1.807) is 6.92 Å². The predicted molar refractivity (Wildman–Crippen MR) is 247 cm³/mol. The first-order valence-electron chi connectivity index (χ1n) is 26.5. The van der Waals surface area contributed by atoms with Gasteiger partial charge < -0.3 is 134 Å². The summed E-state index contributed by atoms with van der Waals surface area (Å²) >= 11 is 0. The number of esters is 1. The molecule has 0 radical (unpaired) electrons. The van der Waals surface area contributed by atoms with Crippen LogP contribution in [-0.2, 0) is 52.2 Å². The number of carbonyl (C=O) groups is 1. The molecule has 28 heteroatoms. The lowest BCUT2D eigenvalue weighted by Gasteiger charge is -2.59. The summed E-state index contributed by atoms with van der Waals surface area (Å²) in [5, 5.41) is 180. The molecule has 0 aromatic carbocycles. The molecule has 5 heterocycles. The van der Waals surface area contributed by atoms with Gasteiger partial charge in [0.1, 0.15) is 116 Å². The molecule has 9 fully saturated rings. The van der Waals surface area contributed by atoms with Crippen molar-refractivity contribution < 1.29 is 139 Å². The Kier molecular flexibility index (Phi) is 18.2. The van der Waals surface area contributed by atoms with Crippen molar-refractivity contribution in [1.29, 1.82) is 0 Å². The molecule has 0 aromatic heterocycles. The van der Waals surface area contributed by atoms with E-state index in [0.29, 0.717) is 56.9 Å². The summed E-state index contributed by atoms with van der Waals surface area (Å²) in [4.78, 5) is 14.8. The van der Waals surface area contributed by atoms with Crippen LogP contribution in [0.3, 0.4) is 0 Å². The van der Waals surface area contributed by atoms with E-state index in [9.17, 15) is 91.6 Å². The minimum atomic E-state index is -1.99. The summed E-state index contributed by atoms with van der Waals surface area (Å²) in [6, 6.07) is 0. The third-order valence-corrected chi connectivity index (χ3v) is 18.6. The normalized spacial score (nSPS) is 54.1. The molecule has 1 spiro atoms. The Hall–Kier alpha value is -1.83. The minimum Gasteiger partial charge on any atom is -0.432 e. The highest BCUT2D eigenvalue weighted by molar-refractivity contribution is 5.77. The van der Waals surface area contributed by atoms with Crippen LogP contribution in [0.1, 0.15) is 64.7 Å². The topological polar surface area (TPSA) is 453 Å². The van der Waals surface area contributed by atoms with E-state index < -0.39 is 209 Å². The zero-order chi connectivity index (χ0) is 55.8. The summed E-state index contributed by atoms with van der Waals surface area (Å²) in [6.07, 6.45) is -39.6. The van der Waals surface area contributed by atoms with Crippen molar-refractivity contribution in [3.8, 4) is 0 Å². The third kappa shape index (κ3) is 10.6. The van der Waals surface area contributed by atoms with Crippen LogP contribution in [0.15, 0.2) is 12.2 Å². The summed E-state index contributed by atoms with van der Waals surface area (Å²) in [6.45, 7) is 2.17. The summed E-state index contributed by atoms with van der Waals surface area (Å²) < 4.78 is 60.1. The van der Waals surface area contributed by atoms with Crippen molar-refractivity contribution in [2.75, 3.05) is 33.0 Å². The van der Waals surface area contributed by atoms with Gasteiger partial charge in [-0.2, -0.15) is 0 Å². The fraction of sp³-hybridized carbons (Fsp3) is 0.939. The summed E-state index contributed by atoms with van der Waals surface area (Å²) in [5.41, 5.74) is -2.17. The van der Waals surface area contributed by atoms with Gasteiger partial charge in [0.05, 0.1) is 44.1 Å². The Balaban J connectivity index is 0.953. The second-order valence-electron chi connectivity index (χ2n) is 22.9. The molecular weight excluding hydrogens is 1040 g/mol. The Bertz CT molecular complexity index is 2020. The molecule has 442 valence electrons. The van der Waals surface area contributed by atoms with Crippen molar-refractivity contribution in [2.45, 2.75) is 224 Å². The minimum absolute atomic E-state index is 0.0173. The number of fused-ring (bicyclic) bond motifs is 3. The lowest BCUT2D eigenvalue weighted by Crippen LogP contribution is -2.68. The smallest absolute Gasteiger partial charge is 0.314 e. The second-order valence-corrected chi connectivity index (χ2v) is 22.9. The SMILES string of the molecule is C=C1C[C@@]23CC[C@H]4[C@@H](CCC[C@@]4(C)C(=O)O[C@@H]4O[C@H](CO)[C@@H](O)[C@H](O)[C@H]4O[C@@H]4O[C@H](CO)[C@@H](O)[C@H](O)[C@H]4O)[C@@H]2CC[C@]1(O[C@@H]1O[C@H](CO)[C@@H](O)[C@H](O[C@@H]2O[C@H](CO)[C@@H](O)[C@H](O)[C@H]2O)[C@H]1O[C@@H]1O[C@H](CO)[C@@H](O)[C@H](O)[C@H]1O)C3. The van der Waals surface area contributed by atoms with E-state index in [1.165, 1.54) is 0 Å². The van der Waals surface area contributed by atoms with Crippen LogP contribution in [0.2, 0.25) is 0 Å². The van der Waals surface area contributed by atoms with Crippen molar-refractivity contribution in [2.24, 2.45) is 28.6 Å². The average molecular weight is 1120 g/mol. The maximum absolute atomic E-state index is 14.8. The molecule has 0 amide bonds. The Morgan fingerprint density at radius 2 is 0.922 bits per heavy atom. The van der Waals surface area contributed by atoms with Crippen LogP contribution in [0.25, 0.3) is 0 Å². The highest BCUT2D eigenvalue weighted by atomic mass is 16.8. The van der Waals surface area contributed by atoms with Crippen LogP contribution in [0.5, 0.6) is 0 Å². The zero-order valence-corrected chi connectivity index (χ0v) is 42.4. The molecule has 4 aliphatic carbocycles. The number of rotatable bonds is 15. The number of aliphatic hydroxyl groups excluding tert-OH is 17. The molecule has 28 nitrogen and oxygen atoms in total. The maximum atomic E-state index is 14.8. The number of hydrogen-bond donors (Lipinski definition) is 17. The molecular formula is C49H78O28. The van der Waals surface area contributed by atoms with Crippen molar-refractivity contribution in [3.63, 3.8) is 0 Å². The van der Waals surface area contributed by atoms with Crippen molar-refractivity contribution >= 4 is 5.97 Å². The fourth-order valence-corrected chi connectivity index (χ4v) is 14.3. The van der Waals surface area contributed by atoms with Gasteiger partial charge in [-0.1, -0.05) is 13.0 Å². The van der Waals surface area contributed by atoms with Gasteiger partial charge in [0.2, 0.25) is 6.29 Å². The number of aliphatic hydroxyl groups is 17. The Morgan fingerprint density at radius 1 is 0.494 bits per heavy atom. The van der Waals surface area contributed by atoms with E-state index in [1.807, 2.05) is 0 Å². The van der Waals surface area contributed by atoms with Crippen molar-refractivity contribution in [1.82, 2.24) is 0 Å². The largest absolute Gasteiger partial charge is 0.432 e. The van der Waals surface area contributed by atoms with Crippen LogP contribution in [-0.4, -0.2) is 285 Å². The first-order chi connectivity index (χ1) is 36.5. The van der Waals surface area contributed by atoms with E-state index >= 15 is 0 Å². The molecule has 9 rings (SSSR count). The van der Waals surface area contributed by atoms with E-state index in [2.05, 4.69) is 6.58 Å². The molecule has 2 bridgehead atoms. The molecule has 5 aliphatic heterocycles. The zero-order valence-electron chi connectivity index (χ0n) is 42.4.